The van der Waals surface area contributed by atoms with Crippen LogP contribution in [0.5, 0.6) is 0 Å². The molecule has 9 nitrogen and oxygen atoms in total. The van der Waals surface area contributed by atoms with Gasteiger partial charge in [0.15, 0.2) is 0 Å². The first-order valence-corrected chi connectivity index (χ1v) is 11.8. The maximum Gasteiger partial charge on any atom is 0.490 e. The third kappa shape index (κ3) is 9.14. The maximum atomic E-state index is 10.6. The molecule has 0 aliphatic carbocycles. The zero-order chi connectivity index (χ0) is 28.0. The van der Waals surface area contributed by atoms with Gasteiger partial charge in [0.25, 0.3) is 0 Å². The van der Waals surface area contributed by atoms with E-state index in [2.05, 4.69) is 39.6 Å². The van der Waals surface area contributed by atoms with Crippen LogP contribution in [0.15, 0.2) is 18.5 Å². The van der Waals surface area contributed by atoms with Crippen LogP contribution in [0.2, 0.25) is 0 Å². The molecule has 4 heterocycles. The van der Waals surface area contributed by atoms with E-state index < -0.39 is 24.3 Å². The Balaban J connectivity index is 0.000000286. The van der Waals surface area contributed by atoms with E-state index in [0.717, 1.165) is 31.7 Å². The minimum absolute atomic E-state index is 0.618. The first kappa shape index (κ1) is 30.8. The lowest BCUT2D eigenvalue weighted by Gasteiger charge is -2.42. The third-order valence-corrected chi connectivity index (χ3v) is 6.56. The minimum Gasteiger partial charge on any atom is -0.475 e. The Bertz CT molecular complexity index is 835. The van der Waals surface area contributed by atoms with Crippen LogP contribution >= 0.6 is 0 Å². The van der Waals surface area contributed by atoms with Crippen molar-refractivity contribution in [2.24, 2.45) is 5.92 Å². The van der Waals surface area contributed by atoms with Gasteiger partial charge in [-0.15, -0.1) is 0 Å². The van der Waals surface area contributed by atoms with Crippen molar-refractivity contribution in [3.63, 3.8) is 0 Å². The minimum atomic E-state index is -5.08. The number of hydrogen-bond acceptors (Lipinski definition) is 6. The second-order valence-electron chi connectivity index (χ2n) is 9.39. The highest BCUT2D eigenvalue weighted by atomic mass is 19.4. The Hall–Kier alpha value is -2.39. The molecule has 1 aromatic rings. The first-order chi connectivity index (χ1) is 17.1. The van der Waals surface area contributed by atoms with Crippen LogP contribution in [0.1, 0.15) is 33.1 Å². The molecular weight excluding hydrogens is 514 g/mol. The summed E-state index contributed by atoms with van der Waals surface area (Å²) >= 11 is 0. The van der Waals surface area contributed by atoms with Crippen molar-refractivity contribution >= 4 is 11.9 Å². The molecule has 0 bridgehead atoms. The number of carboxylic acids is 2. The molecule has 1 aromatic heterocycles. The fourth-order valence-electron chi connectivity index (χ4n) is 5.15. The van der Waals surface area contributed by atoms with Gasteiger partial charge >= 0.3 is 24.3 Å². The molecule has 4 atom stereocenters. The SMILES string of the molecule is CC(C)N1[C@H](Cn2cccn2)C[C@@H]2CN(C3CCOC3)CC[C@@H]21.O=C(O)C(F)(F)F.O=C(O)C(F)(F)F. The predicted octanol–water partition coefficient (Wildman–Crippen LogP) is 3.11. The zero-order valence-corrected chi connectivity index (χ0v) is 20.5. The second kappa shape index (κ2) is 12.9. The van der Waals surface area contributed by atoms with Gasteiger partial charge in [0, 0.05) is 56.3 Å². The monoisotopic (exact) mass is 546 g/mol. The van der Waals surface area contributed by atoms with E-state index in [9.17, 15) is 26.3 Å². The molecule has 15 heteroatoms. The van der Waals surface area contributed by atoms with Gasteiger partial charge in [-0.05, 0) is 45.1 Å². The van der Waals surface area contributed by atoms with Crippen molar-refractivity contribution in [2.45, 2.75) is 76.2 Å². The van der Waals surface area contributed by atoms with Crippen molar-refractivity contribution in [3.05, 3.63) is 18.5 Å². The van der Waals surface area contributed by atoms with Crippen LogP contribution in [-0.4, -0.2) is 105 Å². The van der Waals surface area contributed by atoms with Crippen LogP contribution < -0.4 is 0 Å². The lowest BCUT2D eigenvalue weighted by molar-refractivity contribution is -0.193. The quantitative estimate of drug-likeness (QED) is 0.555. The number of fused-ring (bicyclic) bond motifs is 1. The highest BCUT2D eigenvalue weighted by molar-refractivity contribution is 5.73. The number of nitrogens with zero attached hydrogens (tertiary/aromatic N) is 4. The number of piperidine rings is 1. The molecule has 3 aliphatic rings. The molecule has 37 heavy (non-hydrogen) atoms. The van der Waals surface area contributed by atoms with E-state index in [1.54, 1.807) is 0 Å². The van der Waals surface area contributed by atoms with Gasteiger partial charge in [-0.2, -0.15) is 31.4 Å². The molecule has 0 aromatic carbocycles. The molecule has 0 saturated carbocycles. The molecular formula is C22H32F6N4O5. The van der Waals surface area contributed by atoms with Crippen molar-refractivity contribution in [1.29, 1.82) is 0 Å². The number of rotatable bonds is 4. The van der Waals surface area contributed by atoms with E-state index in [1.807, 2.05) is 12.3 Å². The molecule has 212 valence electrons. The van der Waals surface area contributed by atoms with E-state index in [1.165, 1.54) is 32.4 Å². The summed E-state index contributed by atoms with van der Waals surface area (Å²) in [5.74, 6) is -4.70. The summed E-state index contributed by atoms with van der Waals surface area (Å²) in [6, 6.07) is 4.71. The third-order valence-electron chi connectivity index (χ3n) is 6.56. The van der Waals surface area contributed by atoms with E-state index >= 15 is 0 Å². The average molecular weight is 547 g/mol. The summed E-state index contributed by atoms with van der Waals surface area (Å²) < 4.78 is 71.2. The standard InChI is InChI=1S/C18H30N4O.2C2HF3O2/c1-14(2)22-17(12-21-7-3-6-19-21)10-15-11-20(8-4-18(15)22)16-5-9-23-13-16;2*3-2(4,5)1(6)7/h3,6-7,14-18H,4-5,8-13H2,1-2H3;2*(H,6,7)/t15-,16?,17+,18+;;/m1../s1. The summed E-state index contributed by atoms with van der Waals surface area (Å²) in [5, 5.41) is 18.7. The van der Waals surface area contributed by atoms with E-state index in [-0.39, 0.29) is 0 Å². The summed E-state index contributed by atoms with van der Waals surface area (Å²) in [5.41, 5.74) is 0. The van der Waals surface area contributed by atoms with Gasteiger partial charge in [-0.25, -0.2) is 9.59 Å². The number of hydrogen-bond donors (Lipinski definition) is 2. The molecule has 3 fully saturated rings. The fourth-order valence-corrected chi connectivity index (χ4v) is 5.15. The molecule has 0 spiro atoms. The van der Waals surface area contributed by atoms with E-state index in [4.69, 9.17) is 24.5 Å². The van der Waals surface area contributed by atoms with Gasteiger partial charge in [0.2, 0.25) is 0 Å². The Morgan fingerprint density at radius 2 is 1.68 bits per heavy atom. The highest BCUT2D eigenvalue weighted by Crippen LogP contribution is 2.38. The number of likely N-dealkylation sites (tertiary alicyclic amines) is 2. The smallest absolute Gasteiger partial charge is 0.475 e. The summed E-state index contributed by atoms with van der Waals surface area (Å²) in [6.45, 7) is 10.2. The normalized spacial score (nSPS) is 26.6. The summed E-state index contributed by atoms with van der Waals surface area (Å²) in [4.78, 5) is 23.3. The number of ether oxygens (including phenoxy) is 1. The molecule has 0 radical (unpaired) electrons. The van der Waals surface area contributed by atoms with Gasteiger partial charge < -0.3 is 14.9 Å². The lowest BCUT2D eigenvalue weighted by atomic mass is 9.91. The van der Waals surface area contributed by atoms with Crippen molar-refractivity contribution in [1.82, 2.24) is 19.6 Å². The number of alkyl halides is 6. The Kier molecular flexibility index (Phi) is 10.8. The van der Waals surface area contributed by atoms with Crippen molar-refractivity contribution < 1.29 is 50.9 Å². The fraction of sp³-hybridized carbons (Fsp3) is 0.773. The average Bonchev–Trinajstić information content (AvgIpc) is 3.54. The number of aromatic nitrogens is 2. The molecule has 3 saturated heterocycles. The Morgan fingerprint density at radius 1 is 1.08 bits per heavy atom. The van der Waals surface area contributed by atoms with E-state index in [0.29, 0.717) is 18.1 Å². The topological polar surface area (TPSA) is 108 Å². The number of aliphatic carboxylic acids is 2. The summed E-state index contributed by atoms with van der Waals surface area (Å²) in [7, 11) is 0. The van der Waals surface area contributed by atoms with Crippen LogP contribution in [0.25, 0.3) is 0 Å². The van der Waals surface area contributed by atoms with Gasteiger partial charge in [0.05, 0.1) is 13.2 Å². The Morgan fingerprint density at radius 3 is 2.11 bits per heavy atom. The maximum absolute atomic E-state index is 10.6. The van der Waals surface area contributed by atoms with Gasteiger partial charge in [-0.3, -0.25) is 14.5 Å². The Labute approximate surface area is 210 Å². The van der Waals surface area contributed by atoms with Crippen molar-refractivity contribution in [3.8, 4) is 0 Å². The number of halogens is 6. The van der Waals surface area contributed by atoms with Crippen LogP contribution in [-0.2, 0) is 20.9 Å². The molecule has 0 amide bonds. The van der Waals surface area contributed by atoms with Gasteiger partial charge in [0.1, 0.15) is 0 Å². The van der Waals surface area contributed by atoms with Gasteiger partial charge in [-0.1, -0.05) is 0 Å². The molecule has 4 rings (SSSR count). The largest absolute Gasteiger partial charge is 0.490 e. The first-order valence-electron chi connectivity index (χ1n) is 11.8. The van der Waals surface area contributed by atoms with Crippen LogP contribution in [0.4, 0.5) is 26.3 Å². The highest BCUT2D eigenvalue weighted by Gasteiger charge is 2.46. The van der Waals surface area contributed by atoms with Crippen LogP contribution in [0.3, 0.4) is 0 Å². The molecule has 2 N–H and O–H groups in total. The predicted molar refractivity (Wildman–Crippen MR) is 118 cm³/mol. The zero-order valence-electron chi connectivity index (χ0n) is 20.5. The number of carbonyl (C=O) groups is 2. The second-order valence-corrected chi connectivity index (χ2v) is 9.39. The number of carboxylic acid groups (broad SMARTS) is 2. The van der Waals surface area contributed by atoms with Crippen LogP contribution in [0, 0.1) is 5.92 Å². The molecule has 3 aliphatic heterocycles. The molecule has 1 unspecified atom stereocenters. The summed E-state index contributed by atoms with van der Waals surface area (Å²) in [6.07, 6.45) is -2.32. The lowest BCUT2D eigenvalue weighted by Crippen LogP contribution is -2.52. The van der Waals surface area contributed by atoms with Crippen molar-refractivity contribution in [2.75, 3.05) is 26.3 Å².